The number of amides is 2. The fraction of sp³-hybridized carbons (Fsp3) is 0.263. The summed E-state index contributed by atoms with van der Waals surface area (Å²) in [4.78, 5) is 26.5. The molecule has 1 saturated heterocycles. The van der Waals surface area contributed by atoms with E-state index in [0.29, 0.717) is 23.7 Å². The number of ether oxygens (including phenoxy) is 2. The summed E-state index contributed by atoms with van der Waals surface area (Å²) in [5.74, 6) is 0.705. The fourth-order valence-electron chi connectivity index (χ4n) is 3.08. The van der Waals surface area contributed by atoms with Crippen molar-refractivity contribution in [1.82, 2.24) is 0 Å². The lowest BCUT2D eigenvalue weighted by atomic mass is 10.1. The predicted molar refractivity (Wildman–Crippen MR) is 92.8 cm³/mol. The molecule has 2 aromatic carbocycles. The third-order valence-corrected chi connectivity index (χ3v) is 4.48. The van der Waals surface area contributed by atoms with E-state index in [-0.39, 0.29) is 30.9 Å². The first-order valence-corrected chi connectivity index (χ1v) is 8.18. The van der Waals surface area contributed by atoms with Crippen LogP contribution in [0.15, 0.2) is 42.5 Å². The molecular weight excluding hydrogens is 320 g/mol. The first kappa shape index (κ1) is 15.5. The molecule has 2 aliphatic rings. The van der Waals surface area contributed by atoms with Crippen molar-refractivity contribution in [2.24, 2.45) is 5.92 Å². The molecule has 0 spiro atoms. The Kier molecular flexibility index (Phi) is 3.80. The molecule has 0 radical (unpaired) electrons. The highest BCUT2D eigenvalue weighted by Gasteiger charge is 2.35. The van der Waals surface area contributed by atoms with E-state index in [2.05, 4.69) is 5.32 Å². The number of carbonyl (C=O) groups is 2. The first-order valence-electron chi connectivity index (χ1n) is 8.18. The van der Waals surface area contributed by atoms with E-state index in [1.807, 2.05) is 31.2 Å². The van der Waals surface area contributed by atoms with E-state index in [1.165, 1.54) is 0 Å². The molecule has 128 valence electrons. The van der Waals surface area contributed by atoms with E-state index in [1.54, 1.807) is 23.1 Å². The average Bonchev–Trinajstić information content (AvgIpc) is 3.22. The van der Waals surface area contributed by atoms with E-state index >= 15 is 0 Å². The summed E-state index contributed by atoms with van der Waals surface area (Å²) in [5.41, 5.74) is 2.59. The minimum atomic E-state index is -0.376. The highest BCUT2D eigenvalue weighted by molar-refractivity contribution is 6.03. The summed E-state index contributed by atoms with van der Waals surface area (Å²) >= 11 is 0. The minimum absolute atomic E-state index is 0.0327. The number of nitrogens with zero attached hydrogens (tertiary/aromatic N) is 1. The lowest BCUT2D eigenvalue weighted by Gasteiger charge is -2.17. The van der Waals surface area contributed by atoms with Gasteiger partial charge in [0.15, 0.2) is 11.5 Å². The van der Waals surface area contributed by atoms with Gasteiger partial charge in [-0.05, 0) is 31.2 Å². The number of carbonyl (C=O) groups excluding carboxylic acids is 2. The van der Waals surface area contributed by atoms with Crippen molar-refractivity contribution in [3.05, 3.63) is 48.0 Å². The van der Waals surface area contributed by atoms with Crippen molar-refractivity contribution >= 4 is 23.2 Å². The molecule has 4 rings (SSSR count). The number of anilines is 2. The average molecular weight is 338 g/mol. The molecule has 1 fully saturated rings. The molecule has 25 heavy (non-hydrogen) atoms. The quantitative estimate of drug-likeness (QED) is 0.934. The van der Waals surface area contributed by atoms with Gasteiger partial charge >= 0.3 is 0 Å². The van der Waals surface area contributed by atoms with Crippen LogP contribution < -0.4 is 19.7 Å². The van der Waals surface area contributed by atoms with Crippen LogP contribution in [0.2, 0.25) is 0 Å². The van der Waals surface area contributed by atoms with Gasteiger partial charge in [0.05, 0.1) is 5.92 Å². The molecule has 2 aliphatic heterocycles. The molecule has 2 amide bonds. The number of nitrogens with one attached hydrogen (secondary N) is 1. The van der Waals surface area contributed by atoms with Crippen LogP contribution in [-0.4, -0.2) is 25.2 Å². The number of hydrogen-bond acceptors (Lipinski definition) is 4. The molecule has 6 nitrogen and oxygen atoms in total. The lowest BCUT2D eigenvalue weighted by Crippen LogP contribution is -2.28. The molecule has 0 aliphatic carbocycles. The summed E-state index contributed by atoms with van der Waals surface area (Å²) in [6.07, 6.45) is 0.213. The summed E-state index contributed by atoms with van der Waals surface area (Å²) < 4.78 is 10.6. The van der Waals surface area contributed by atoms with Gasteiger partial charge in [-0.25, -0.2) is 0 Å². The molecule has 6 heteroatoms. The molecule has 1 atom stereocenters. The lowest BCUT2D eigenvalue weighted by molar-refractivity contribution is -0.122. The van der Waals surface area contributed by atoms with Crippen molar-refractivity contribution in [1.29, 1.82) is 0 Å². The second-order valence-electron chi connectivity index (χ2n) is 6.30. The van der Waals surface area contributed by atoms with Crippen LogP contribution in [0, 0.1) is 12.8 Å². The molecule has 0 bridgehead atoms. The minimum Gasteiger partial charge on any atom is -0.454 e. The Morgan fingerprint density at radius 1 is 1.12 bits per heavy atom. The SMILES string of the molecule is Cc1ccc(N2C[C@@H](C(=O)Nc3ccc4c(c3)OCO4)CC2=O)cc1. The van der Waals surface area contributed by atoms with Crippen LogP contribution in [0.4, 0.5) is 11.4 Å². The van der Waals surface area contributed by atoms with Crippen molar-refractivity contribution in [3.63, 3.8) is 0 Å². The van der Waals surface area contributed by atoms with Gasteiger partial charge in [0.2, 0.25) is 18.6 Å². The Labute approximate surface area is 145 Å². The van der Waals surface area contributed by atoms with E-state index in [4.69, 9.17) is 9.47 Å². The highest BCUT2D eigenvalue weighted by Crippen LogP contribution is 2.34. The smallest absolute Gasteiger partial charge is 0.231 e. The zero-order chi connectivity index (χ0) is 17.4. The topological polar surface area (TPSA) is 67.9 Å². The second-order valence-corrected chi connectivity index (χ2v) is 6.30. The van der Waals surface area contributed by atoms with Gasteiger partial charge in [0.1, 0.15) is 0 Å². The second kappa shape index (κ2) is 6.12. The van der Waals surface area contributed by atoms with Crippen molar-refractivity contribution in [3.8, 4) is 11.5 Å². The Morgan fingerprint density at radius 3 is 2.68 bits per heavy atom. The number of aryl methyl sites for hydroxylation is 1. The van der Waals surface area contributed by atoms with Gasteiger partial charge in [-0.1, -0.05) is 17.7 Å². The predicted octanol–water partition coefficient (Wildman–Crippen LogP) is 2.72. The van der Waals surface area contributed by atoms with E-state index in [9.17, 15) is 9.59 Å². The Balaban J connectivity index is 1.44. The largest absolute Gasteiger partial charge is 0.454 e. The first-order chi connectivity index (χ1) is 12.1. The zero-order valence-electron chi connectivity index (χ0n) is 13.8. The molecule has 2 aromatic rings. The van der Waals surface area contributed by atoms with E-state index < -0.39 is 0 Å². The summed E-state index contributed by atoms with van der Waals surface area (Å²) in [5, 5.41) is 2.86. The van der Waals surface area contributed by atoms with Gasteiger partial charge in [-0.2, -0.15) is 0 Å². The third kappa shape index (κ3) is 3.03. The number of benzene rings is 2. The molecule has 1 N–H and O–H groups in total. The number of rotatable bonds is 3. The van der Waals surface area contributed by atoms with Crippen LogP contribution in [0.3, 0.4) is 0 Å². The maximum Gasteiger partial charge on any atom is 0.231 e. The van der Waals surface area contributed by atoms with Crippen LogP contribution >= 0.6 is 0 Å². The number of hydrogen-bond donors (Lipinski definition) is 1. The standard InChI is InChI=1S/C19H18N2O4/c1-12-2-5-15(6-3-12)21-10-13(8-18(21)22)19(23)20-14-4-7-16-17(9-14)25-11-24-16/h2-7,9,13H,8,10-11H2,1H3,(H,20,23)/t13-/m0/s1. The van der Waals surface area contributed by atoms with Crippen LogP contribution in [0.5, 0.6) is 11.5 Å². The Hall–Kier alpha value is -3.02. The molecule has 0 saturated carbocycles. The molecular formula is C19H18N2O4. The zero-order valence-corrected chi connectivity index (χ0v) is 13.8. The van der Waals surface area contributed by atoms with Gasteiger partial charge in [-0.15, -0.1) is 0 Å². The van der Waals surface area contributed by atoms with E-state index in [0.717, 1.165) is 11.3 Å². The monoisotopic (exact) mass is 338 g/mol. The van der Waals surface area contributed by atoms with Gasteiger partial charge in [-0.3, -0.25) is 9.59 Å². The highest BCUT2D eigenvalue weighted by atomic mass is 16.7. The van der Waals surface area contributed by atoms with Crippen LogP contribution in [-0.2, 0) is 9.59 Å². The fourth-order valence-corrected chi connectivity index (χ4v) is 3.08. The summed E-state index contributed by atoms with van der Waals surface area (Å²) in [6.45, 7) is 2.57. The normalized spacial score (nSPS) is 18.5. The maximum absolute atomic E-state index is 12.5. The van der Waals surface area contributed by atoms with Crippen molar-refractivity contribution in [2.45, 2.75) is 13.3 Å². The third-order valence-electron chi connectivity index (χ3n) is 4.48. The summed E-state index contributed by atoms with van der Waals surface area (Å²) in [7, 11) is 0. The maximum atomic E-state index is 12.5. The molecule has 2 heterocycles. The van der Waals surface area contributed by atoms with Crippen molar-refractivity contribution in [2.75, 3.05) is 23.6 Å². The summed E-state index contributed by atoms with van der Waals surface area (Å²) in [6, 6.07) is 13.0. The molecule has 0 unspecified atom stereocenters. The Bertz CT molecular complexity index is 832. The van der Waals surface area contributed by atoms with Crippen LogP contribution in [0.1, 0.15) is 12.0 Å². The van der Waals surface area contributed by atoms with Gasteiger partial charge in [0, 0.05) is 30.4 Å². The van der Waals surface area contributed by atoms with Gasteiger partial charge in [0.25, 0.3) is 0 Å². The molecule has 0 aromatic heterocycles. The number of fused-ring (bicyclic) bond motifs is 1. The van der Waals surface area contributed by atoms with Gasteiger partial charge < -0.3 is 19.7 Å². The van der Waals surface area contributed by atoms with Crippen LogP contribution in [0.25, 0.3) is 0 Å². The Morgan fingerprint density at radius 2 is 1.88 bits per heavy atom. The van der Waals surface area contributed by atoms with Crippen molar-refractivity contribution < 1.29 is 19.1 Å².